The zero-order valence-corrected chi connectivity index (χ0v) is 9.59. The lowest BCUT2D eigenvalue weighted by atomic mass is 10.2. The second-order valence-electron chi connectivity index (χ2n) is 4.14. The first-order chi connectivity index (χ1) is 8.25. The summed E-state index contributed by atoms with van der Waals surface area (Å²) in [4.78, 5) is 4.38. The first kappa shape index (κ1) is 9.90. The Hall–Kier alpha value is -2.29. The van der Waals surface area contributed by atoms with E-state index in [1.807, 2.05) is 43.6 Å². The molecule has 0 bridgehead atoms. The van der Waals surface area contributed by atoms with Crippen molar-refractivity contribution in [2.75, 3.05) is 5.73 Å². The first-order valence-electron chi connectivity index (χ1n) is 5.54. The number of anilines is 1. The summed E-state index contributed by atoms with van der Waals surface area (Å²) in [6.45, 7) is 2.01. The van der Waals surface area contributed by atoms with Crippen molar-refractivity contribution in [3.05, 3.63) is 54.4 Å². The molecule has 3 rings (SSSR count). The standard InChI is InChI=1S/C14H13N3/c1-10-8-11(6-7-12(10)15)17-9-16-13-4-2-3-5-14(13)17/h2-9H,15H2,1H3. The van der Waals surface area contributed by atoms with Crippen molar-refractivity contribution in [3.8, 4) is 5.69 Å². The molecular weight excluding hydrogens is 210 g/mol. The van der Waals surface area contributed by atoms with Gasteiger partial charge in [-0.15, -0.1) is 0 Å². The zero-order chi connectivity index (χ0) is 11.8. The maximum Gasteiger partial charge on any atom is 0.100 e. The smallest absolute Gasteiger partial charge is 0.100 e. The van der Waals surface area contributed by atoms with Crippen LogP contribution in [0.5, 0.6) is 0 Å². The van der Waals surface area contributed by atoms with E-state index in [0.29, 0.717) is 0 Å². The molecule has 0 radical (unpaired) electrons. The van der Waals surface area contributed by atoms with Gasteiger partial charge in [-0.25, -0.2) is 4.98 Å². The number of nitrogens with two attached hydrogens (primary N) is 1. The Morgan fingerprint density at radius 1 is 1.12 bits per heavy atom. The molecule has 1 aromatic heterocycles. The van der Waals surface area contributed by atoms with Gasteiger partial charge >= 0.3 is 0 Å². The van der Waals surface area contributed by atoms with Crippen LogP contribution in [-0.4, -0.2) is 9.55 Å². The summed E-state index contributed by atoms with van der Waals surface area (Å²) in [5, 5.41) is 0. The van der Waals surface area contributed by atoms with E-state index in [4.69, 9.17) is 5.73 Å². The zero-order valence-electron chi connectivity index (χ0n) is 9.59. The second kappa shape index (κ2) is 3.63. The van der Waals surface area contributed by atoms with Crippen LogP contribution in [0.2, 0.25) is 0 Å². The van der Waals surface area contributed by atoms with Crippen LogP contribution in [0, 0.1) is 6.92 Å². The van der Waals surface area contributed by atoms with Gasteiger partial charge in [0.05, 0.1) is 11.0 Å². The predicted octanol–water partition coefficient (Wildman–Crippen LogP) is 2.92. The SMILES string of the molecule is Cc1cc(-n2cnc3ccccc32)ccc1N. The minimum atomic E-state index is 0.818. The Morgan fingerprint density at radius 2 is 1.94 bits per heavy atom. The average molecular weight is 223 g/mol. The maximum absolute atomic E-state index is 5.83. The average Bonchev–Trinajstić information content (AvgIpc) is 2.76. The minimum absolute atomic E-state index is 0.818. The second-order valence-corrected chi connectivity index (χ2v) is 4.14. The Balaban J connectivity index is 2.24. The van der Waals surface area contributed by atoms with E-state index < -0.39 is 0 Å². The van der Waals surface area contributed by atoms with Gasteiger partial charge in [0.1, 0.15) is 6.33 Å². The van der Waals surface area contributed by atoms with E-state index in [2.05, 4.69) is 21.7 Å². The molecule has 3 heteroatoms. The van der Waals surface area contributed by atoms with Crippen LogP contribution >= 0.6 is 0 Å². The molecule has 84 valence electrons. The molecule has 3 nitrogen and oxygen atoms in total. The van der Waals surface area contributed by atoms with E-state index in [1.165, 1.54) is 0 Å². The molecule has 0 aliphatic heterocycles. The summed E-state index contributed by atoms with van der Waals surface area (Å²) in [6, 6.07) is 14.1. The number of nitrogens with zero attached hydrogens (tertiary/aromatic N) is 2. The number of fused-ring (bicyclic) bond motifs is 1. The first-order valence-corrected chi connectivity index (χ1v) is 5.54. The fourth-order valence-corrected chi connectivity index (χ4v) is 1.97. The van der Waals surface area contributed by atoms with E-state index in [1.54, 1.807) is 0 Å². The van der Waals surface area contributed by atoms with Crippen LogP contribution in [0.4, 0.5) is 5.69 Å². The molecule has 0 aliphatic rings. The number of nitrogen functional groups attached to an aromatic ring is 1. The molecule has 0 atom stereocenters. The van der Waals surface area contributed by atoms with Crippen molar-refractivity contribution in [2.45, 2.75) is 6.92 Å². The summed E-state index contributed by atoms with van der Waals surface area (Å²) in [7, 11) is 0. The molecule has 2 N–H and O–H groups in total. The van der Waals surface area contributed by atoms with Gasteiger partial charge in [0, 0.05) is 11.4 Å². The Kier molecular flexibility index (Phi) is 2.11. The van der Waals surface area contributed by atoms with E-state index in [9.17, 15) is 0 Å². The van der Waals surface area contributed by atoms with Gasteiger partial charge in [-0.3, -0.25) is 4.57 Å². The molecule has 2 aromatic carbocycles. The number of benzene rings is 2. The number of aryl methyl sites for hydroxylation is 1. The third-order valence-electron chi connectivity index (χ3n) is 2.99. The molecule has 0 saturated heterocycles. The summed E-state index contributed by atoms with van der Waals surface area (Å²) in [5.74, 6) is 0. The van der Waals surface area contributed by atoms with Crippen LogP contribution in [0.25, 0.3) is 16.7 Å². The van der Waals surface area contributed by atoms with E-state index in [-0.39, 0.29) is 0 Å². The summed E-state index contributed by atoms with van der Waals surface area (Å²) >= 11 is 0. The summed E-state index contributed by atoms with van der Waals surface area (Å²) in [6.07, 6.45) is 1.84. The van der Waals surface area contributed by atoms with Crippen LogP contribution in [0.3, 0.4) is 0 Å². The molecule has 1 heterocycles. The molecule has 0 fully saturated rings. The molecule has 0 aliphatic carbocycles. The quantitative estimate of drug-likeness (QED) is 0.644. The maximum atomic E-state index is 5.83. The third kappa shape index (κ3) is 1.56. The Bertz CT molecular complexity index is 683. The van der Waals surface area contributed by atoms with Crippen molar-refractivity contribution in [2.24, 2.45) is 0 Å². The van der Waals surface area contributed by atoms with Crippen LogP contribution in [0.15, 0.2) is 48.8 Å². The molecule has 0 spiro atoms. The van der Waals surface area contributed by atoms with Crippen molar-refractivity contribution in [1.29, 1.82) is 0 Å². The van der Waals surface area contributed by atoms with E-state index in [0.717, 1.165) is 28.0 Å². The van der Waals surface area contributed by atoms with Gasteiger partial charge in [-0.1, -0.05) is 12.1 Å². The third-order valence-corrected chi connectivity index (χ3v) is 2.99. The molecule has 3 aromatic rings. The van der Waals surface area contributed by atoms with Gasteiger partial charge in [0.2, 0.25) is 0 Å². The van der Waals surface area contributed by atoms with Crippen LogP contribution in [0.1, 0.15) is 5.56 Å². The van der Waals surface area contributed by atoms with Crippen molar-refractivity contribution in [1.82, 2.24) is 9.55 Å². The number of hydrogen-bond acceptors (Lipinski definition) is 2. The molecule has 17 heavy (non-hydrogen) atoms. The largest absolute Gasteiger partial charge is 0.399 e. The number of aromatic nitrogens is 2. The van der Waals surface area contributed by atoms with Gasteiger partial charge in [-0.05, 0) is 42.8 Å². The monoisotopic (exact) mass is 223 g/mol. The minimum Gasteiger partial charge on any atom is -0.399 e. The fourth-order valence-electron chi connectivity index (χ4n) is 1.97. The van der Waals surface area contributed by atoms with Gasteiger partial charge in [0.15, 0.2) is 0 Å². The van der Waals surface area contributed by atoms with Crippen LogP contribution in [-0.2, 0) is 0 Å². The highest BCUT2D eigenvalue weighted by molar-refractivity contribution is 5.77. The Morgan fingerprint density at radius 3 is 2.76 bits per heavy atom. The molecule has 0 saturated carbocycles. The Labute approximate surface area is 99.5 Å². The lowest BCUT2D eigenvalue weighted by Gasteiger charge is -2.07. The molecular formula is C14H13N3. The number of imidazole rings is 1. The van der Waals surface area contributed by atoms with Gasteiger partial charge in [0.25, 0.3) is 0 Å². The topological polar surface area (TPSA) is 43.8 Å². The number of rotatable bonds is 1. The highest BCUT2D eigenvalue weighted by Gasteiger charge is 2.04. The molecule has 0 unspecified atom stereocenters. The molecule has 0 amide bonds. The van der Waals surface area contributed by atoms with Crippen molar-refractivity contribution in [3.63, 3.8) is 0 Å². The van der Waals surface area contributed by atoms with Crippen LogP contribution < -0.4 is 5.73 Å². The number of hydrogen-bond donors (Lipinski definition) is 1. The van der Waals surface area contributed by atoms with Gasteiger partial charge in [-0.2, -0.15) is 0 Å². The van der Waals surface area contributed by atoms with Crippen molar-refractivity contribution >= 4 is 16.7 Å². The fraction of sp³-hybridized carbons (Fsp3) is 0.0714. The lowest BCUT2D eigenvalue weighted by molar-refractivity contribution is 1.09. The highest BCUT2D eigenvalue weighted by atomic mass is 15.0. The summed E-state index contributed by atoms with van der Waals surface area (Å²) in [5.41, 5.74) is 10.9. The summed E-state index contributed by atoms with van der Waals surface area (Å²) < 4.78 is 2.07. The van der Waals surface area contributed by atoms with Crippen molar-refractivity contribution < 1.29 is 0 Å². The lowest BCUT2D eigenvalue weighted by Crippen LogP contribution is -1.95. The highest BCUT2D eigenvalue weighted by Crippen LogP contribution is 2.20. The number of para-hydroxylation sites is 2. The van der Waals surface area contributed by atoms with E-state index >= 15 is 0 Å². The normalized spacial score (nSPS) is 10.9. The van der Waals surface area contributed by atoms with Gasteiger partial charge < -0.3 is 5.73 Å². The predicted molar refractivity (Wildman–Crippen MR) is 70.2 cm³/mol.